The number of methoxy groups -OCH3 is 2. The molecular formula is C41H38N4O2. The first kappa shape index (κ1) is 30.1. The molecular weight excluding hydrogens is 580 g/mol. The van der Waals surface area contributed by atoms with Crippen LogP contribution in [0.25, 0.3) is 27.1 Å². The highest BCUT2D eigenvalue weighted by Crippen LogP contribution is 2.51. The molecule has 2 aliphatic carbocycles. The lowest BCUT2D eigenvalue weighted by molar-refractivity contribution is 0.228. The Labute approximate surface area is 276 Å². The molecule has 0 saturated carbocycles. The number of nitrogens with zero attached hydrogens (tertiary/aromatic N) is 3. The van der Waals surface area contributed by atoms with Gasteiger partial charge in [0, 0.05) is 17.1 Å². The van der Waals surface area contributed by atoms with Gasteiger partial charge >= 0.3 is 0 Å². The number of aromatic amines is 1. The summed E-state index contributed by atoms with van der Waals surface area (Å²) in [6, 6.07) is 33.0. The first-order chi connectivity index (χ1) is 22.9. The van der Waals surface area contributed by atoms with Gasteiger partial charge in [0.2, 0.25) is 5.70 Å². The molecule has 0 amide bonds. The summed E-state index contributed by atoms with van der Waals surface area (Å²) in [5.74, 6) is 2.73. The summed E-state index contributed by atoms with van der Waals surface area (Å²) in [5.41, 5.74) is 10.5. The molecule has 4 aromatic carbocycles. The number of allylic oxidation sites excluding steroid dienone is 5. The molecule has 1 N–H and O–H groups in total. The van der Waals surface area contributed by atoms with Crippen LogP contribution in [0.15, 0.2) is 120 Å². The van der Waals surface area contributed by atoms with Crippen molar-refractivity contribution in [3.8, 4) is 11.5 Å². The van der Waals surface area contributed by atoms with Crippen LogP contribution in [0.5, 0.6) is 11.5 Å². The highest BCUT2D eigenvalue weighted by molar-refractivity contribution is 5.83. The van der Waals surface area contributed by atoms with Crippen molar-refractivity contribution < 1.29 is 9.47 Å². The zero-order chi connectivity index (χ0) is 32.5. The van der Waals surface area contributed by atoms with Gasteiger partial charge in [-0.05, 0) is 126 Å². The van der Waals surface area contributed by atoms with E-state index in [1.807, 2.05) is 48.5 Å². The van der Waals surface area contributed by atoms with Crippen molar-refractivity contribution in [3.05, 3.63) is 143 Å². The van der Waals surface area contributed by atoms with E-state index in [0.717, 1.165) is 64.4 Å². The zero-order valence-corrected chi connectivity index (χ0v) is 27.2. The van der Waals surface area contributed by atoms with Crippen LogP contribution in [0.3, 0.4) is 0 Å². The second-order valence-corrected chi connectivity index (χ2v) is 12.9. The standard InChI is InChI=1S/C41H38N4O2/c1-41(2)26-30(39(42-3)40-43-37-8-6-7-9-38(37)44-40)25-29-24-28(12-23-36(29)41)27-10-13-31(14-11-27)45(32-15-19-34(46-4)20-16-32)33-17-21-35(47-5)22-18-33/h6-11,13-22,24-25,36H,12,23,26H2,1-2,4-5H3,(H,43,44). The molecule has 6 heteroatoms. The quantitative estimate of drug-likeness (QED) is 0.184. The fourth-order valence-corrected chi connectivity index (χ4v) is 7.15. The predicted octanol–water partition coefficient (Wildman–Crippen LogP) is 10.5. The molecule has 234 valence electrons. The number of para-hydroxylation sites is 2. The third-order valence-corrected chi connectivity index (χ3v) is 9.56. The smallest absolute Gasteiger partial charge is 0.231 e. The van der Waals surface area contributed by atoms with Gasteiger partial charge in [-0.2, -0.15) is 0 Å². The number of ether oxygens (including phenoxy) is 2. The highest BCUT2D eigenvalue weighted by Gasteiger charge is 2.38. The Morgan fingerprint density at radius 3 is 2.00 bits per heavy atom. The molecule has 1 unspecified atom stereocenters. The highest BCUT2D eigenvalue weighted by atomic mass is 16.5. The Morgan fingerprint density at radius 2 is 1.43 bits per heavy atom. The molecule has 7 rings (SSSR count). The number of hydrogen-bond donors (Lipinski definition) is 1. The number of imidazole rings is 1. The van der Waals surface area contributed by atoms with E-state index in [4.69, 9.17) is 21.0 Å². The first-order valence-electron chi connectivity index (χ1n) is 16.0. The molecule has 0 aliphatic heterocycles. The molecule has 6 nitrogen and oxygen atoms in total. The van der Waals surface area contributed by atoms with Crippen molar-refractivity contribution in [2.75, 3.05) is 19.1 Å². The van der Waals surface area contributed by atoms with Gasteiger partial charge in [-0.25, -0.2) is 9.83 Å². The van der Waals surface area contributed by atoms with Crippen molar-refractivity contribution in [3.63, 3.8) is 0 Å². The lowest BCUT2D eigenvalue weighted by Gasteiger charge is -2.42. The molecule has 0 spiro atoms. The normalized spacial score (nSPS) is 18.0. The van der Waals surface area contributed by atoms with Crippen molar-refractivity contribution in [1.82, 2.24) is 9.97 Å². The van der Waals surface area contributed by atoms with Crippen LogP contribution in [0.2, 0.25) is 0 Å². The van der Waals surface area contributed by atoms with Crippen LogP contribution >= 0.6 is 0 Å². The van der Waals surface area contributed by atoms with Crippen molar-refractivity contribution in [2.45, 2.75) is 33.1 Å². The lowest BCUT2D eigenvalue weighted by Crippen LogP contribution is -2.31. The molecule has 2 aliphatic rings. The number of anilines is 3. The van der Waals surface area contributed by atoms with Crippen LogP contribution in [-0.4, -0.2) is 24.2 Å². The minimum absolute atomic E-state index is 0.0322. The van der Waals surface area contributed by atoms with Crippen LogP contribution < -0.4 is 14.4 Å². The number of rotatable bonds is 7. The summed E-state index contributed by atoms with van der Waals surface area (Å²) in [7, 11) is 3.37. The minimum atomic E-state index is 0.0322. The molecule has 0 radical (unpaired) electrons. The SMILES string of the molecule is [C-]#[N+]C(=C1C=C2C=C(c3ccc(N(c4ccc(OC)cc4)c4ccc(OC)cc4)cc3)CCC2C(C)(C)C1)c1nc2ccccc2[nH]1. The summed E-state index contributed by atoms with van der Waals surface area (Å²) >= 11 is 0. The van der Waals surface area contributed by atoms with Crippen LogP contribution in [0.1, 0.15) is 44.5 Å². The molecule has 1 aromatic heterocycles. The maximum Gasteiger partial charge on any atom is 0.231 e. The predicted molar refractivity (Wildman–Crippen MR) is 191 cm³/mol. The Morgan fingerprint density at radius 1 is 0.830 bits per heavy atom. The second-order valence-electron chi connectivity index (χ2n) is 12.9. The van der Waals surface area contributed by atoms with Gasteiger partial charge in [-0.1, -0.05) is 50.3 Å². The van der Waals surface area contributed by atoms with E-state index < -0.39 is 0 Å². The van der Waals surface area contributed by atoms with Crippen molar-refractivity contribution >= 4 is 39.4 Å². The van der Waals surface area contributed by atoms with E-state index in [0.29, 0.717) is 17.4 Å². The number of hydrogen-bond acceptors (Lipinski definition) is 4. The number of H-pyrrole nitrogens is 1. The largest absolute Gasteiger partial charge is 0.497 e. The monoisotopic (exact) mass is 618 g/mol. The molecule has 0 bridgehead atoms. The molecule has 1 heterocycles. The molecule has 0 saturated heterocycles. The summed E-state index contributed by atoms with van der Waals surface area (Å²) in [6.07, 6.45) is 7.58. The molecule has 1 atom stereocenters. The van der Waals surface area contributed by atoms with Gasteiger partial charge in [-0.3, -0.25) is 0 Å². The Kier molecular flexibility index (Phi) is 7.91. The van der Waals surface area contributed by atoms with Crippen molar-refractivity contribution in [2.24, 2.45) is 11.3 Å². The first-order valence-corrected chi connectivity index (χ1v) is 16.0. The fraction of sp³-hybridized carbons (Fsp3) is 0.220. The van der Waals surface area contributed by atoms with Gasteiger partial charge in [0.15, 0.2) is 0 Å². The number of aromatic nitrogens is 2. The zero-order valence-electron chi connectivity index (χ0n) is 27.2. The van der Waals surface area contributed by atoms with Crippen LogP contribution in [0.4, 0.5) is 17.1 Å². The van der Waals surface area contributed by atoms with Gasteiger partial charge in [0.05, 0.1) is 31.8 Å². The average molecular weight is 619 g/mol. The number of fused-ring (bicyclic) bond motifs is 2. The van der Waals surface area contributed by atoms with Crippen LogP contribution in [-0.2, 0) is 0 Å². The fourth-order valence-electron chi connectivity index (χ4n) is 7.15. The van der Waals surface area contributed by atoms with Gasteiger partial charge in [-0.15, -0.1) is 0 Å². The Hall–Kier alpha value is -5.54. The Balaban J connectivity index is 1.24. The maximum atomic E-state index is 8.11. The molecule has 0 fully saturated rings. The maximum absolute atomic E-state index is 8.11. The van der Waals surface area contributed by atoms with Crippen molar-refractivity contribution in [1.29, 1.82) is 0 Å². The lowest BCUT2D eigenvalue weighted by atomic mass is 9.62. The second kappa shape index (κ2) is 12.3. The summed E-state index contributed by atoms with van der Waals surface area (Å²) in [6.45, 7) is 12.8. The summed E-state index contributed by atoms with van der Waals surface area (Å²) in [5, 5.41) is 0. The summed E-state index contributed by atoms with van der Waals surface area (Å²) in [4.78, 5) is 14.4. The van der Waals surface area contributed by atoms with Gasteiger partial charge in [0.25, 0.3) is 0 Å². The third kappa shape index (κ3) is 5.81. The van der Waals surface area contributed by atoms with Crippen LogP contribution in [0, 0.1) is 17.9 Å². The number of nitrogens with one attached hydrogen (secondary N) is 1. The van der Waals surface area contributed by atoms with E-state index >= 15 is 0 Å². The van der Waals surface area contributed by atoms with E-state index in [-0.39, 0.29) is 5.41 Å². The van der Waals surface area contributed by atoms with E-state index in [1.54, 1.807) is 14.2 Å². The topological polar surface area (TPSA) is 54.7 Å². The Bertz CT molecular complexity index is 1980. The average Bonchev–Trinajstić information content (AvgIpc) is 3.53. The third-order valence-electron chi connectivity index (χ3n) is 9.56. The molecule has 5 aromatic rings. The molecule has 47 heavy (non-hydrogen) atoms. The van der Waals surface area contributed by atoms with E-state index in [1.165, 1.54) is 16.7 Å². The number of benzene rings is 4. The summed E-state index contributed by atoms with van der Waals surface area (Å²) < 4.78 is 10.8. The van der Waals surface area contributed by atoms with E-state index in [9.17, 15) is 0 Å². The van der Waals surface area contributed by atoms with Gasteiger partial charge < -0.3 is 19.4 Å². The van der Waals surface area contributed by atoms with E-state index in [2.05, 4.69) is 89.3 Å². The van der Waals surface area contributed by atoms with Gasteiger partial charge in [0.1, 0.15) is 17.3 Å². The minimum Gasteiger partial charge on any atom is -0.497 e.